The Balaban J connectivity index is 1.18. The van der Waals surface area contributed by atoms with Crippen molar-refractivity contribution in [2.45, 2.75) is 56.2 Å². The number of hydrogen-bond acceptors (Lipinski definition) is 6. The summed E-state index contributed by atoms with van der Waals surface area (Å²) in [6, 6.07) is 14.7. The Bertz CT molecular complexity index is 1640. The van der Waals surface area contributed by atoms with Crippen molar-refractivity contribution in [3.05, 3.63) is 82.7 Å². The highest BCUT2D eigenvalue weighted by atomic mass is 19.4. The molecule has 0 bridgehead atoms. The van der Waals surface area contributed by atoms with Crippen LogP contribution in [0.3, 0.4) is 0 Å². The molecule has 1 aliphatic heterocycles. The molecular weight excluding hydrogens is 537 g/mol. The van der Waals surface area contributed by atoms with Crippen LogP contribution >= 0.6 is 0 Å². The van der Waals surface area contributed by atoms with Crippen molar-refractivity contribution in [2.75, 3.05) is 6.61 Å². The maximum absolute atomic E-state index is 14.2. The minimum atomic E-state index is -4.53. The number of carboxylic acid groups (broad SMARTS) is 1. The molecule has 1 saturated carbocycles. The second kappa shape index (κ2) is 9.64. The molecule has 41 heavy (non-hydrogen) atoms. The van der Waals surface area contributed by atoms with E-state index in [0.29, 0.717) is 58.7 Å². The number of aliphatic carboxylic acids is 1. The van der Waals surface area contributed by atoms with Gasteiger partial charge in [-0.3, -0.25) is 4.79 Å². The molecule has 1 aromatic heterocycles. The number of carbonyl (C=O) groups is 1. The van der Waals surface area contributed by atoms with Gasteiger partial charge in [-0.15, -0.1) is 0 Å². The van der Waals surface area contributed by atoms with Crippen LogP contribution in [0.15, 0.2) is 59.1 Å². The summed E-state index contributed by atoms with van der Waals surface area (Å²) in [7, 11) is 0. The fraction of sp³-hybridized carbons (Fsp3) is 0.323. The van der Waals surface area contributed by atoms with E-state index in [1.807, 2.05) is 0 Å². The normalized spacial score (nSPS) is 19.5. The number of carboxylic acids is 1. The van der Waals surface area contributed by atoms with Gasteiger partial charge in [-0.05, 0) is 60.1 Å². The van der Waals surface area contributed by atoms with Crippen molar-refractivity contribution in [1.29, 1.82) is 0 Å². The number of fused-ring (bicyclic) bond motifs is 2. The number of ether oxygens (including phenoxy) is 2. The second-order valence-corrected chi connectivity index (χ2v) is 10.8. The molecule has 7 nitrogen and oxygen atoms in total. The monoisotopic (exact) mass is 562 g/mol. The molecule has 0 spiro atoms. The lowest BCUT2D eigenvalue weighted by molar-refractivity contribution is -0.138. The summed E-state index contributed by atoms with van der Waals surface area (Å²) in [4.78, 5) is 15.6. The molecule has 0 amide bonds. The van der Waals surface area contributed by atoms with E-state index in [2.05, 4.69) is 10.1 Å². The first-order valence-corrected chi connectivity index (χ1v) is 13.6. The smallest absolute Gasteiger partial charge is 0.417 e. The number of nitrogens with zero attached hydrogens (tertiary/aromatic N) is 2. The Kier molecular flexibility index (Phi) is 6.02. The number of aromatic nitrogens is 2. The van der Waals surface area contributed by atoms with Crippen molar-refractivity contribution in [1.82, 2.24) is 10.1 Å². The van der Waals surface area contributed by atoms with E-state index in [1.54, 1.807) is 42.5 Å². The van der Waals surface area contributed by atoms with E-state index in [4.69, 9.17) is 19.1 Å². The van der Waals surface area contributed by atoms with Crippen LogP contribution in [0.25, 0.3) is 22.5 Å². The predicted molar refractivity (Wildman–Crippen MR) is 141 cm³/mol. The summed E-state index contributed by atoms with van der Waals surface area (Å²) in [6.07, 6.45) is -1.98. The van der Waals surface area contributed by atoms with E-state index in [-0.39, 0.29) is 24.5 Å². The van der Waals surface area contributed by atoms with E-state index in [1.165, 1.54) is 6.07 Å². The summed E-state index contributed by atoms with van der Waals surface area (Å²) < 4.78 is 59.9. The largest absolute Gasteiger partial charge is 0.492 e. The number of rotatable bonds is 7. The van der Waals surface area contributed by atoms with Gasteiger partial charge in [-0.1, -0.05) is 41.6 Å². The van der Waals surface area contributed by atoms with Gasteiger partial charge < -0.3 is 19.1 Å². The average molecular weight is 563 g/mol. The third-order valence-corrected chi connectivity index (χ3v) is 8.02. The maximum Gasteiger partial charge on any atom is 0.417 e. The van der Waals surface area contributed by atoms with Crippen LogP contribution in [-0.4, -0.2) is 27.8 Å². The van der Waals surface area contributed by atoms with Gasteiger partial charge in [0, 0.05) is 29.0 Å². The Labute approximate surface area is 232 Å². The Morgan fingerprint density at radius 1 is 1.00 bits per heavy atom. The lowest BCUT2D eigenvalue weighted by Crippen LogP contribution is -2.10. The van der Waals surface area contributed by atoms with E-state index in [9.17, 15) is 18.0 Å². The van der Waals surface area contributed by atoms with Gasteiger partial charge in [-0.25, -0.2) is 0 Å². The predicted octanol–water partition coefficient (Wildman–Crippen LogP) is 7.32. The SMILES string of the molecule is O=C(O)CC1COc2cc(O[C@@H]3CCc4c3ccc(C(F)(F)F)c4-c3ccc(-c4noc(C5CC5)n4)cc3)ccc21. The third-order valence-electron chi connectivity index (χ3n) is 8.02. The molecule has 3 aromatic carbocycles. The molecule has 2 heterocycles. The van der Waals surface area contributed by atoms with Gasteiger partial charge in [0.2, 0.25) is 11.7 Å². The number of benzene rings is 3. The summed E-state index contributed by atoms with van der Waals surface area (Å²) in [5.41, 5.74) is 2.76. The fourth-order valence-corrected chi connectivity index (χ4v) is 5.86. The topological polar surface area (TPSA) is 94.7 Å². The molecule has 10 heteroatoms. The van der Waals surface area contributed by atoms with E-state index in [0.717, 1.165) is 30.0 Å². The molecule has 0 radical (unpaired) electrons. The van der Waals surface area contributed by atoms with Crippen LogP contribution < -0.4 is 9.47 Å². The molecule has 1 fully saturated rings. The lowest BCUT2D eigenvalue weighted by Gasteiger charge is -2.20. The van der Waals surface area contributed by atoms with Crippen LogP contribution in [0.4, 0.5) is 13.2 Å². The zero-order valence-corrected chi connectivity index (χ0v) is 21.8. The van der Waals surface area contributed by atoms with Gasteiger partial charge >= 0.3 is 12.1 Å². The van der Waals surface area contributed by atoms with Crippen molar-refractivity contribution >= 4 is 5.97 Å². The summed E-state index contributed by atoms with van der Waals surface area (Å²) in [6.45, 7) is 0.286. The number of halogens is 3. The highest BCUT2D eigenvalue weighted by Gasteiger charge is 2.38. The maximum atomic E-state index is 14.2. The van der Waals surface area contributed by atoms with Crippen molar-refractivity contribution < 1.29 is 37.1 Å². The van der Waals surface area contributed by atoms with Gasteiger partial charge in [0.25, 0.3) is 0 Å². The molecule has 0 saturated heterocycles. The quantitative estimate of drug-likeness (QED) is 0.252. The van der Waals surface area contributed by atoms with Gasteiger partial charge in [0.1, 0.15) is 17.6 Å². The molecule has 4 aromatic rings. The Morgan fingerprint density at radius 2 is 1.76 bits per heavy atom. The van der Waals surface area contributed by atoms with Crippen LogP contribution in [0, 0.1) is 0 Å². The highest BCUT2D eigenvalue weighted by molar-refractivity contribution is 5.76. The molecule has 3 aliphatic rings. The van der Waals surface area contributed by atoms with Crippen LogP contribution in [0.5, 0.6) is 11.5 Å². The van der Waals surface area contributed by atoms with E-state index >= 15 is 0 Å². The van der Waals surface area contributed by atoms with Gasteiger partial charge in [0.05, 0.1) is 18.6 Å². The molecular formula is C31H25F3N2O5. The average Bonchev–Trinajstić information content (AvgIpc) is 3.34. The molecule has 1 N–H and O–H groups in total. The first kappa shape index (κ1) is 25.6. The first-order valence-electron chi connectivity index (χ1n) is 13.6. The number of hydrogen-bond donors (Lipinski definition) is 1. The van der Waals surface area contributed by atoms with Crippen molar-refractivity contribution in [2.24, 2.45) is 0 Å². The molecule has 210 valence electrons. The molecule has 7 rings (SSSR count). The Hall–Kier alpha value is -4.34. The van der Waals surface area contributed by atoms with Crippen LogP contribution in [0.1, 0.15) is 71.8 Å². The summed E-state index contributed by atoms with van der Waals surface area (Å²) in [5, 5.41) is 13.2. The standard InChI is InChI=1S/C31H25F3N2O5/c32-31(33,34)24-11-9-22-23(28(24)16-1-3-17(4-2-16)29-35-30(41-36-29)18-5-6-18)10-12-25(22)40-20-7-8-21-19(13-27(37)38)15-39-26(21)14-20/h1-4,7-9,11,14,18-19,25H,5-6,10,12-13,15H2,(H,37,38)/t19?,25-/m1/s1. The van der Waals surface area contributed by atoms with Gasteiger partial charge in [0.15, 0.2) is 0 Å². The molecule has 1 unspecified atom stereocenters. The fourth-order valence-electron chi connectivity index (χ4n) is 5.86. The van der Waals surface area contributed by atoms with Crippen LogP contribution in [0.2, 0.25) is 0 Å². The zero-order chi connectivity index (χ0) is 28.3. The van der Waals surface area contributed by atoms with Crippen molar-refractivity contribution in [3.63, 3.8) is 0 Å². The minimum Gasteiger partial charge on any atom is -0.492 e. The summed E-state index contributed by atoms with van der Waals surface area (Å²) >= 11 is 0. The highest BCUT2D eigenvalue weighted by Crippen LogP contribution is 2.47. The third kappa shape index (κ3) is 4.81. The zero-order valence-electron chi connectivity index (χ0n) is 21.8. The first-order chi connectivity index (χ1) is 19.7. The number of alkyl halides is 3. The van der Waals surface area contributed by atoms with Crippen molar-refractivity contribution in [3.8, 4) is 34.0 Å². The Morgan fingerprint density at radius 3 is 2.49 bits per heavy atom. The second-order valence-electron chi connectivity index (χ2n) is 10.8. The summed E-state index contributed by atoms with van der Waals surface area (Å²) in [5.74, 6) is 1.32. The van der Waals surface area contributed by atoms with Crippen LogP contribution in [-0.2, 0) is 17.4 Å². The molecule has 2 atom stereocenters. The lowest BCUT2D eigenvalue weighted by atomic mass is 9.91. The molecule has 2 aliphatic carbocycles. The minimum absolute atomic E-state index is 0.0227. The van der Waals surface area contributed by atoms with E-state index < -0.39 is 23.8 Å². The van der Waals surface area contributed by atoms with Gasteiger partial charge in [-0.2, -0.15) is 18.2 Å².